The summed E-state index contributed by atoms with van der Waals surface area (Å²) in [5.74, 6) is 0.209. The van der Waals surface area contributed by atoms with Gasteiger partial charge in [-0.05, 0) is 61.4 Å². The highest BCUT2D eigenvalue weighted by Crippen LogP contribution is 2.25. The summed E-state index contributed by atoms with van der Waals surface area (Å²) in [7, 11) is 1.56. The van der Waals surface area contributed by atoms with E-state index in [4.69, 9.17) is 4.74 Å². The van der Waals surface area contributed by atoms with Gasteiger partial charge in [0.2, 0.25) is 0 Å². The van der Waals surface area contributed by atoms with E-state index in [1.807, 2.05) is 25.1 Å². The topological polar surface area (TPSA) is 67.4 Å². The van der Waals surface area contributed by atoms with Crippen LogP contribution in [0.2, 0.25) is 0 Å². The highest BCUT2D eigenvalue weighted by molar-refractivity contribution is 7.14. The van der Waals surface area contributed by atoms with Gasteiger partial charge in [0.1, 0.15) is 5.75 Å². The molecular formula is C22H22N2O3S. The molecule has 3 aromatic rings. The first-order valence-corrected chi connectivity index (χ1v) is 9.78. The number of para-hydroxylation sites is 2. The molecule has 2 N–H and O–H groups in total. The average Bonchev–Trinajstić information content (AvgIpc) is 3.10. The Morgan fingerprint density at radius 2 is 1.71 bits per heavy atom. The zero-order valence-corrected chi connectivity index (χ0v) is 16.9. The quantitative estimate of drug-likeness (QED) is 0.609. The number of ether oxygens (including phenoxy) is 1. The molecule has 0 aliphatic heterocycles. The summed E-state index contributed by atoms with van der Waals surface area (Å²) in [4.78, 5) is 26.8. The van der Waals surface area contributed by atoms with E-state index in [0.717, 1.165) is 12.0 Å². The fraction of sp³-hybridized carbons (Fsp3) is 0.182. The molecule has 0 spiro atoms. The number of amides is 2. The number of rotatable bonds is 6. The van der Waals surface area contributed by atoms with Crippen molar-refractivity contribution in [3.8, 4) is 5.75 Å². The molecule has 0 saturated heterocycles. The summed E-state index contributed by atoms with van der Waals surface area (Å²) in [6.45, 7) is 4.09. The van der Waals surface area contributed by atoms with Gasteiger partial charge in [0.15, 0.2) is 0 Å². The van der Waals surface area contributed by atoms with Crippen LogP contribution in [-0.2, 0) is 6.42 Å². The number of carbonyl (C=O) groups is 2. The zero-order chi connectivity index (χ0) is 20.1. The summed E-state index contributed by atoms with van der Waals surface area (Å²) in [5.41, 5.74) is 2.88. The van der Waals surface area contributed by atoms with Crippen LogP contribution in [0.3, 0.4) is 0 Å². The lowest BCUT2D eigenvalue weighted by Crippen LogP contribution is -2.13. The Balaban J connectivity index is 1.67. The molecule has 0 radical (unpaired) electrons. The van der Waals surface area contributed by atoms with Crippen LogP contribution in [0.4, 0.5) is 11.4 Å². The molecule has 6 heteroatoms. The fourth-order valence-corrected chi connectivity index (χ4v) is 3.83. The highest BCUT2D eigenvalue weighted by atomic mass is 32.1. The van der Waals surface area contributed by atoms with E-state index in [1.165, 1.54) is 16.2 Å². The number of anilines is 2. The predicted molar refractivity (Wildman–Crippen MR) is 114 cm³/mol. The number of aryl methyl sites for hydroxylation is 2. The molecule has 2 amide bonds. The molecular weight excluding hydrogens is 372 g/mol. The lowest BCUT2D eigenvalue weighted by molar-refractivity contribution is 0.102. The Bertz CT molecular complexity index is 993. The molecule has 28 heavy (non-hydrogen) atoms. The molecule has 0 saturated carbocycles. The monoisotopic (exact) mass is 394 g/mol. The Morgan fingerprint density at radius 3 is 2.36 bits per heavy atom. The summed E-state index contributed by atoms with van der Waals surface area (Å²) >= 11 is 1.51. The maximum atomic E-state index is 12.5. The van der Waals surface area contributed by atoms with Gasteiger partial charge >= 0.3 is 0 Å². The van der Waals surface area contributed by atoms with Crippen molar-refractivity contribution in [2.45, 2.75) is 20.3 Å². The van der Waals surface area contributed by atoms with Gasteiger partial charge in [0.25, 0.3) is 11.8 Å². The lowest BCUT2D eigenvalue weighted by atomic mass is 10.2. The van der Waals surface area contributed by atoms with E-state index in [1.54, 1.807) is 43.5 Å². The molecule has 0 fully saturated rings. The summed E-state index contributed by atoms with van der Waals surface area (Å²) < 4.78 is 5.24. The first kappa shape index (κ1) is 19.6. The van der Waals surface area contributed by atoms with Crippen molar-refractivity contribution in [2.75, 3.05) is 17.7 Å². The maximum absolute atomic E-state index is 12.5. The van der Waals surface area contributed by atoms with Crippen molar-refractivity contribution in [3.63, 3.8) is 0 Å². The first-order valence-electron chi connectivity index (χ1n) is 8.97. The maximum Gasteiger partial charge on any atom is 0.265 e. The molecule has 2 aromatic carbocycles. The number of benzene rings is 2. The van der Waals surface area contributed by atoms with Gasteiger partial charge in [-0.25, -0.2) is 0 Å². The minimum atomic E-state index is -0.246. The van der Waals surface area contributed by atoms with Gasteiger partial charge in [0.05, 0.1) is 17.7 Å². The SMILES string of the molecule is CCc1sc(C(=O)Nc2ccc(C(=O)Nc3ccccc3OC)cc2)cc1C. The van der Waals surface area contributed by atoms with Crippen molar-refractivity contribution in [2.24, 2.45) is 0 Å². The number of thiophene rings is 1. The second-order valence-corrected chi connectivity index (χ2v) is 7.39. The lowest BCUT2D eigenvalue weighted by Gasteiger charge is -2.10. The van der Waals surface area contributed by atoms with Crippen LogP contribution in [0, 0.1) is 6.92 Å². The second-order valence-electron chi connectivity index (χ2n) is 6.26. The minimum Gasteiger partial charge on any atom is -0.495 e. The normalized spacial score (nSPS) is 10.4. The van der Waals surface area contributed by atoms with Crippen molar-refractivity contribution < 1.29 is 14.3 Å². The van der Waals surface area contributed by atoms with Gasteiger partial charge in [-0.3, -0.25) is 9.59 Å². The zero-order valence-electron chi connectivity index (χ0n) is 16.0. The van der Waals surface area contributed by atoms with Gasteiger partial charge in [-0.1, -0.05) is 19.1 Å². The van der Waals surface area contributed by atoms with Crippen LogP contribution in [0.15, 0.2) is 54.6 Å². The molecule has 1 aromatic heterocycles. The smallest absolute Gasteiger partial charge is 0.265 e. The summed E-state index contributed by atoms with van der Waals surface area (Å²) in [6.07, 6.45) is 0.916. The van der Waals surface area contributed by atoms with Gasteiger partial charge in [-0.2, -0.15) is 0 Å². The number of nitrogens with one attached hydrogen (secondary N) is 2. The van der Waals surface area contributed by atoms with Crippen molar-refractivity contribution in [1.82, 2.24) is 0 Å². The van der Waals surface area contributed by atoms with Crippen molar-refractivity contribution in [1.29, 1.82) is 0 Å². The third kappa shape index (κ3) is 4.40. The van der Waals surface area contributed by atoms with E-state index in [-0.39, 0.29) is 11.8 Å². The van der Waals surface area contributed by atoms with Gasteiger partial charge < -0.3 is 15.4 Å². The van der Waals surface area contributed by atoms with Gasteiger partial charge in [0, 0.05) is 16.1 Å². The highest BCUT2D eigenvalue weighted by Gasteiger charge is 2.13. The number of methoxy groups -OCH3 is 1. The van der Waals surface area contributed by atoms with E-state index in [2.05, 4.69) is 17.6 Å². The van der Waals surface area contributed by atoms with E-state index in [0.29, 0.717) is 27.6 Å². The number of hydrogen-bond donors (Lipinski definition) is 2. The molecule has 0 aliphatic rings. The summed E-state index contributed by atoms with van der Waals surface area (Å²) in [5, 5.41) is 5.71. The second kappa shape index (κ2) is 8.71. The predicted octanol–water partition coefficient (Wildman–Crippen LogP) is 5.13. The Labute approximate surface area is 168 Å². The van der Waals surface area contributed by atoms with Crippen LogP contribution >= 0.6 is 11.3 Å². The number of carbonyl (C=O) groups excluding carboxylic acids is 2. The minimum absolute atomic E-state index is 0.140. The third-order valence-corrected chi connectivity index (χ3v) is 5.71. The van der Waals surface area contributed by atoms with Crippen LogP contribution in [-0.4, -0.2) is 18.9 Å². The molecule has 0 aliphatic carbocycles. The van der Waals surface area contributed by atoms with Crippen LogP contribution in [0.5, 0.6) is 5.75 Å². The van der Waals surface area contributed by atoms with E-state index >= 15 is 0 Å². The van der Waals surface area contributed by atoms with Crippen LogP contribution in [0.25, 0.3) is 0 Å². The molecule has 1 heterocycles. The van der Waals surface area contributed by atoms with Crippen LogP contribution in [0.1, 0.15) is 37.4 Å². The first-order chi connectivity index (χ1) is 13.5. The van der Waals surface area contributed by atoms with E-state index < -0.39 is 0 Å². The number of hydrogen-bond acceptors (Lipinski definition) is 4. The molecule has 0 unspecified atom stereocenters. The molecule has 0 bridgehead atoms. The summed E-state index contributed by atoms with van der Waals surface area (Å²) in [6, 6.07) is 15.9. The molecule has 0 atom stereocenters. The van der Waals surface area contributed by atoms with Gasteiger partial charge in [-0.15, -0.1) is 11.3 Å². The Kier molecular flexibility index (Phi) is 6.11. The standard InChI is InChI=1S/C22H22N2O3S/c1-4-19-14(2)13-20(28-19)22(26)23-16-11-9-15(10-12-16)21(25)24-17-7-5-6-8-18(17)27-3/h5-13H,4H2,1-3H3,(H,23,26)(H,24,25). The average molecular weight is 394 g/mol. The fourth-order valence-electron chi connectivity index (χ4n) is 2.82. The van der Waals surface area contributed by atoms with Crippen molar-refractivity contribution in [3.05, 3.63) is 75.5 Å². The molecule has 3 rings (SSSR count). The third-order valence-electron chi connectivity index (χ3n) is 4.33. The Morgan fingerprint density at radius 1 is 1.00 bits per heavy atom. The largest absolute Gasteiger partial charge is 0.495 e. The van der Waals surface area contributed by atoms with Crippen LogP contribution < -0.4 is 15.4 Å². The molecule has 144 valence electrons. The van der Waals surface area contributed by atoms with E-state index in [9.17, 15) is 9.59 Å². The van der Waals surface area contributed by atoms with Crippen molar-refractivity contribution >= 4 is 34.5 Å². The Hall–Kier alpha value is -3.12. The molecule has 5 nitrogen and oxygen atoms in total.